The van der Waals surface area contributed by atoms with Gasteiger partial charge in [-0.25, -0.2) is 15.5 Å². The molecular formula is C19H32N9O3+. The van der Waals surface area contributed by atoms with Crippen molar-refractivity contribution < 1.29 is 19.1 Å². The molecule has 31 heavy (non-hydrogen) atoms. The number of aryl methyl sites for hydroxylation is 1. The van der Waals surface area contributed by atoms with E-state index < -0.39 is 0 Å². The van der Waals surface area contributed by atoms with Gasteiger partial charge in [0, 0.05) is 13.3 Å². The van der Waals surface area contributed by atoms with E-state index in [9.17, 15) is 4.79 Å². The summed E-state index contributed by atoms with van der Waals surface area (Å²) in [4.78, 5) is 21.2. The Hall–Kier alpha value is -3.15. The number of nitrogens with two attached hydrogens (primary N) is 2. The number of nitrogens with zero attached hydrogens (tertiary/aromatic N) is 5. The smallest absolute Gasteiger partial charge is 0.433 e. The number of ether oxygens (including phenoxy) is 1. The lowest BCUT2D eigenvalue weighted by atomic mass is 9.99. The van der Waals surface area contributed by atoms with Crippen molar-refractivity contribution >= 4 is 23.2 Å². The number of hydrazine groups is 1. The van der Waals surface area contributed by atoms with Gasteiger partial charge >= 0.3 is 6.01 Å². The molecule has 0 unspecified atom stereocenters. The number of nitrogen functional groups attached to an aromatic ring is 1. The third kappa shape index (κ3) is 5.72. The van der Waals surface area contributed by atoms with E-state index in [0.717, 1.165) is 6.42 Å². The Bertz CT molecular complexity index is 925. The molecule has 6 N–H and O–H groups in total. The van der Waals surface area contributed by atoms with E-state index in [0.29, 0.717) is 54.4 Å². The molecular weight excluding hydrogens is 402 g/mol. The first kappa shape index (κ1) is 22.5. The van der Waals surface area contributed by atoms with Crippen molar-refractivity contribution in [1.82, 2.24) is 20.6 Å². The molecule has 170 valence electrons. The first-order valence-electron chi connectivity index (χ1n) is 10.2. The molecule has 0 aromatic carbocycles. The lowest BCUT2D eigenvalue weighted by molar-refractivity contribution is -0.386. The van der Waals surface area contributed by atoms with Gasteiger partial charge < -0.3 is 15.8 Å². The highest BCUT2D eigenvalue weighted by Gasteiger charge is 2.33. The third-order valence-corrected chi connectivity index (χ3v) is 4.82. The van der Waals surface area contributed by atoms with Gasteiger partial charge in [0.25, 0.3) is 11.6 Å². The van der Waals surface area contributed by atoms with Crippen molar-refractivity contribution in [2.45, 2.75) is 53.6 Å². The molecule has 1 atom stereocenters. The SMILES string of the molecule is CC(=O)N[C@H]1CCN(c2[nH+]c(OCC(C)(C)C)nc(N(N)Cc3nonc3C)c2N)C1. The number of H-pyrrole nitrogens is 1. The van der Waals surface area contributed by atoms with Crippen LogP contribution in [-0.4, -0.2) is 46.9 Å². The summed E-state index contributed by atoms with van der Waals surface area (Å²) in [6.45, 7) is 11.5. The quantitative estimate of drug-likeness (QED) is 0.405. The van der Waals surface area contributed by atoms with Crippen LogP contribution in [0.4, 0.5) is 17.3 Å². The molecule has 2 aromatic rings. The Kier molecular flexibility index (Phi) is 6.48. The number of hydrogen-bond acceptors (Lipinski definition) is 10. The summed E-state index contributed by atoms with van der Waals surface area (Å²) in [5.41, 5.74) is 8.01. The number of rotatable bonds is 7. The number of carbonyl (C=O) groups excluding carboxylic acids is 1. The lowest BCUT2D eigenvalue weighted by Gasteiger charge is -2.21. The molecule has 12 heteroatoms. The van der Waals surface area contributed by atoms with Crippen molar-refractivity contribution in [1.29, 1.82) is 0 Å². The zero-order valence-corrected chi connectivity index (χ0v) is 18.7. The Morgan fingerprint density at radius 2 is 2.16 bits per heavy atom. The highest BCUT2D eigenvalue weighted by molar-refractivity contribution is 5.75. The van der Waals surface area contributed by atoms with E-state index in [1.165, 1.54) is 11.9 Å². The van der Waals surface area contributed by atoms with Crippen molar-refractivity contribution in [2.24, 2.45) is 11.3 Å². The zero-order chi connectivity index (χ0) is 22.8. The maximum atomic E-state index is 11.4. The average Bonchev–Trinajstić information content (AvgIpc) is 3.29. The topological polar surface area (TPSA) is 163 Å². The van der Waals surface area contributed by atoms with Gasteiger partial charge in [0.15, 0.2) is 5.69 Å². The number of aromatic amines is 1. The Labute approximate surface area is 181 Å². The minimum atomic E-state index is -0.0622. The minimum Gasteiger partial charge on any atom is -0.440 e. The number of amides is 1. The normalized spacial score (nSPS) is 16.5. The molecule has 0 aliphatic carbocycles. The molecule has 3 heterocycles. The van der Waals surface area contributed by atoms with Gasteiger partial charge in [-0.2, -0.15) is 0 Å². The summed E-state index contributed by atoms with van der Waals surface area (Å²) in [6.07, 6.45) is 0.804. The van der Waals surface area contributed by atoms with Gasteiger partial charge in [-0.15, -0.1) is 0 Å². The highest BCUT2D eigenvalue weighted by atomic mass is 16.6. The van der Waals surface area contributed by atoms with E-state index in [1.807, 2.05) is 0 Å². The molecule has 1 fully saturated rings. The lowest BCUT2D eigenvalue weighted by Crippen LogP contribution is -2.39. The Balaban J connectivity index is 1.90. The second-order valence-electron chi connectivity index (χ2n) is 9.03. The first-order chi connectivity index (χ1) is 14.5. The van der Waals surface area contributed by atoms with Crippen LogP contribution in [0, 0.1) is 12.3 Å². The van der Waals surface area contributed by atoms with Gasteiger partial charge in [-0.3, -0.25) is 14.7 Å². The van der Waals surface area contributed by atoms with Crippen LogP contribution in [0.25, 0.3) is 0 Å². The van der Waals surface area contributed by atoms with Crippen LogP contribution in [-0.2, 0) is 11.3 Å². The summed E-state index contributed by atoms with van der Waals surface area (Å²) in [7, 11) is 0. The highest BCUT2D eigenvalue weighted by Crippen LogP contribution is 2.31. The van der Waals surface area contributed by atoms with Crippen LogP contribution >= 0.6 is 0 Å². The molecule has 0 radical (unpaired) electrons. The fourth-order valence-corrected chi connectivity index (χ4v) is 3.28. The monoisotopic (exact) mass is 434 g/mol. The number of hydrogen-bond donors (Lipinski definition) is 3. The fourth-order valence-electron chi connectivity index (χ4n) is 3.28. The molecule has 12 nitrogen and oxygen atoms in total. The molecule has 1 aliphatic rings. The van der Waals surface area contributed by atoms with Crippen LogP contribution in [0.1, 0.15) is 45.5 Å². The van der Waals surface area contributed by atoms with Gasteiger partial charge in [0.1, 0.15) is 11.4 Å². The van der Waals surface area contributed by atoms with E-state index in [4.69, 9.17) is 20.9 Å². The molecule has 2 aromatic heterocycles. The number of nitrogens with one attached hydrogen (secondary N) is 2. The molecule has 1 amide bonds. The second-order valence-corrected chi connectivity index (χ2v) is 9.03. The predicted octanol–water partition coefficient (Wildman–Crippen LogP) is 0.189. The van der Waals surface area contributed by atoms with Crippen LogP contribution in [0.15, 0.2) is 4.63 Å². The largest absolute Gasteiger partial charge is 0.440 e. The Morgan fingerprint density at radius 3 is 2.77 bits per heavy atom. The van der Waals surface area contributed by atoms with Crippen molar-refractivity contribution in [3.8, 4) is 6.01 Å². The van der Waals surface area contributed by atoms with Crippen LogP contribution in [0.5, 0.6) is 6.01 Å². The first-order valence-corrected chi connectivity index (χ1v) is 10.2. The fraction of sp³-hybridized carbons (Fsp3) is 0.632. The maximum absolute atomic E-state index is 11.4. The van der Waals surface area contributed by atoms with E-state index >= 15 is 0 Å². The van der Waals surface area contributed by atoms with Crippen LogP contribution < -0.4 is 36.5 Å². The summed E-state index contributed by atoms with van der Waals surface area (Å²) in [6, 6.07) is 0.348. The zero-order valence-electron chi connectivity index (χ0n) is 18.7. The Morgan fingerprint density at radius 1 is 1.42 bits per heavy atom. The van der Waals surface area contributed by atoms with Gasteiger partial charge in [-0.1, -0.05) is 31.1 Å². The van der Waals surface area contributed by atoms with Crippen LogP contribution in [0.3, 0.4) is 0 Å². The molecule has 0 saturated carbocycles. The van der Waals surface area contributed by atoms with Gasteiger partial charge in [0.2, 0.25) is 5.91 Å². The molecule has 1 aliphatic heterocycles. The van der Waals surface area contributed by atoms with Crippen molar-refractivity contribution in [3.05, 3.63) is 11.4 Å². The molecule has 1 saturated heterocycles. The number of carbonyl (C=O) groups is 1. The predicted molar refractivity (Wildman–Crippen MR) is 114 cm³/mol. The number of aromatic nitrogens is 4. The average molecular weight is 435 g/mol. The van der Waals surface area contributed by atoms with E-state index in [-0.39, 0.29) is 23.9 Å². The standard InChI is InChI=1S/C19H31N9O3/c1-11-14(26-31-25-11)9-28(21)17-15(20)16(23-18(24-17)30-10-19(3,4)5)27-7-6-13(8-27)22-12(2)29/h13H,6-10,20-21H2,1-5H3,(H,22,29)/p+1/t13-/m0/s1. The molecule has 0 bridgehead atoms. The summed E-state index contributed by atoms with van der Waals surface area (Å²) in [5.74, 6) is 7.24. The summed E-state index contributed by atoms with van der Waals surface area (Å²) >= 11 is 0. The summed E-state index contributed by atoms with van der Waals surface area (Å²) < 4.78 is 10.7. The molecule has 3 rings (SSSR count). The molecule has 0 spiro atoms. The summed E-state index contributed by atoms with van der Waals surface area (Å²) in [5, 5.41) is 12.0. The van der Waals surface area contributed by atoms with Crippen molar-refractivity contribution in [3.63, 3.8) is 0 Å². The van der Waals surface area contributed by atoms with Gasteiger partial charge in [-0.05, 0) is 17.3 Å². The maximum Gasteiger partial charge on any atom is 0.433 e. The van der Waals surface area contributed by atoms with Gasteiger partial charge in [0.05, 0.1) is 32.3 Å². The van der Waals surface area contributed by atoms with E-state index in [2.05, 4.69) is 51.3 Å². The second kappa shape index (κ2) is 8.92. The van der Waals surface area contributed by atoms with E-state index in [1.54, 1.807) is 6.92 Å². The minimum absolute atomic E-state index is 0.0405. The van der Waals surface area contributed by atoms with Crippen molar-refractivity contribution in [2.75, 3.05) is 35.3 Å². The third-order valence-electron chi connectivity index (χ3n) is 4.82. The number of anilines is 3. The van der Waals surface area contributed by atoms with Crippen LogP contribution in [0.2, 0.25) is 0 Å².